The van der Waals surface area contributed by atoms with Crippen LogP contribution >= 0.6 is 0 Å². The summed E-state index contributed by atoms with van der Waals surface area (Å²) in [6.07, 6.45) is 12.2. The first kappa shape index (κ1) is 28.1. The second-order valence-corrected chi connectivity index (χ2v) is 11.4. The molecule has 39 heavy (non-hydrogen) atoms. The monoisotopic (exact) mass is 638 g/mol. The van der Waals surface area contributed by atoms with Gasteiger partial charge in [0, 0.05) is 61.0 Å². The highest BCUT2D eigenvalue weighted by Gasteiger charge is 2.43. The van der Waals surface area contributed by atoms with Crippen molar-refractivity contribution < 1.29 is 43.1 Å². The Kier molecular flexibility index (Phi) is 8.36. The molecule has 3 aliphatic heterocycles. The number of hydrogen-bond donors (Lipinski definition) is 1. The van der Waals surface area contributed by atoms with Crippen molar-refractivity contribution in [2.75, 3.05) is 32.8 Å². The average Bonchev–Trinajstić information content (AvgIpc) is 3.13. The maximum atomic E-state index is 10.8. The van der Waals surface area contributed by atoms with Crippen LogP contribution in [0.3, 0.4) is 0 Å². The van der Waals surface area contributed by atoms with E-state index in [9.17, 15) is 5.11 Å². The molecule has 0 spiro atoms. The molecule has 1 saturated heterocycles. The molecule has 1 unspecified atom stereocenters. The van der Waals surface area contributed by atoms with Crippen molar-refractivity contribution in [2.45, 2.75) is 58.1 Å². The number of phenols is 1. The number of para-hydroxylation sites is 1. The summed E-state index contributed by atoms with van der Waals surface area (Å²) in [5, 5.41) is 10.8. The highest BCUT2D eigenvalue weighted by atomic mass is 127. The van der Waals surface area contributed by atoms with Crippen LogP contribution in [0.4, 0.5) is 5.69 Å². The zero-order valence-electron chi connectivity index (χ0n) is 23.3. The van der Waals surface area contributed by atoms with Crippen LogP contribution in [-0.4, -0.2) is 59.2 Å². The molecule has 2 aromatic carbocycles. The number of phenolic OH excluding ortho intramolecular Hbond substituents is 1. The van der Waals surface area contributed by atoms with Crippen molar-refractivity contribution >= 4 is 17.5 Å². The van der Waals surface area contributed by atoms with Crippen molar-refractivity contribution in [3.63, 3.8) is 0 Å². The van der Waals surface area contributed by atoms with Gasteiger partial charge in [-0.05, 0) is 56.1 Å². The number of benzene rings is 2. The van der Waals surface area contributed by atoms with Gasteiger partial charge in [-0.1, -0.05) is 31.2 Å². The topological polar surface area (TPSA) is 44.9 Å². The summed E-state index contributed by atoms with van der Waals surface area (Å²) in [5.74, 6) is 1.07. The predicted octanol–water partition coefficient (Wildman–Crippen LogP) is 3.14. The fourth-order valence-electron chi connectivity index (χ4n) is 6.32. The number of rotatable bonds is 6. The lowest BCUT2D eigenvalue weighted by Gasteiger charge is -2.30. The molecule has 4 aliphatic rings. The smallest absolute Gasteiger partial charge is 0.209 e. The van der Waals surface area contributed by atoms with E-state index < -0.39 is 0 Å². The van der Waals surface area contributed by atoms with E-state index in [1.807, 2.05) is 0 Å². The first-order valence-corrected chi connectivity index (χ1v) is 14.1. The SMILES string of the molecule is CCC[N+]1=C(C=CC2=CC3Oc4cc(O)c(CN5CCOCC5)cc4C=C3CC2)C(C)(C)c2ccccc21.[I-]. The normalized spacial score (nSPS) is 21.9. The number of morpholine rings is 1. The highest BCUT2D eigenvalue weighted by Crippen LogP contribution is 2.41. The predicted molar refractivity (Wildman–Crippen MR) is 153 cm³/mol. The molecule has 0 radical (unpaired) electrons. The summed E-state index contributed by atoms with van der Waals surface area (Å²) in [6, 6.07) is 12.7. The van der Waals surface area contributed by atoms with Gasteiger partial charge in [-0.25, -0.2) is 0 Å². The molecule has 5 nitrogen and oxygen atoms in total. The van der Waals surface area contributed by atoms with Gasteiger partial charge in [0.25, 0.3) is 0 Å². The fraction of sp³-hybridized carbons (Fsp3) is 0.424. The van der Waals surface area contributed by atoms with Crippen LogP contribution in [0, 0.1) is 0 Å². The molecule has 3 heterocycles. The molecule has 6 rings (SSSR count). The summed E-state index contributed by atoms with van der Waals surface area (Å²) in [5.41, 5.74) is 8.70. The Labute approximate surface area is 249 Å². The third kappa shape index (κ3) is 5.48. The molecule has 2 aromatic rings. The van der Waals surface area contributed by atoms with Gasteiger partial charge in [-0.2, -0.15) is 4.58 Å². The Balaban J connectivity index is 0.00000308. The second-order valence-electron chi connectivity index (χ2n) is 11.4. The van der Waals surface area contributed by atoms with Crippen LogP contribution < -0.4 is 28.7 Å². The summed E-state index contributed by atoms with van der Waals surface area (Å²) < 4.78 is 14.4. The van der Waals surface area contributed by atoms with Crippen LogP contribution in [0.2, 0.25) is 0 Å². The van der Waals surface area contributed by atoms with Crippen LogP contribution in [0.25, 0.3) is 6.08 Å². The van der Waals surface area contributed by atoms with Gasteiger partial charge in [0.1, 0.15) is 24.1 Å². The van der Waals surface area contributed by atoms with E-state index in [1.165, 1.54) is 28.1 Å². The summed E-state index contributed by atoms with van der Waals surface area (Å²) in [7, 11) is 0. The number of hydrogen-bond acceptors (Lipinski definition) is 4. The molecule has 0 amide bonds. The minimum Gasteiger partial charge on any atom is -1.00 e. The van der Waals surface area contributed by atoms with E-state index >= 15 is 0 Å². The molecule has 6 heteroatoms. The second kappa shape index (κ2) is 11.6. The molecule has 1 fully saturated rings. The number of fused-ring (bicyclic) bond motifs is 3. The van der Waals surface area contributed by atoms with E-state index in [0.29, 0.717) is 5.75 Å². The largest absolute Gasteiger partial charge is 1.00 e. The number of halogens is 1. The lowest BCUT2D eigenvalue weighted by molar-refractivity contribution is -0.437. The Bertz CT molecular complexity index is 1360. The van der Waals surface area contributed by atoms with E-state index in [-0.39, 0.29) is 35.5 Å². The molecular formula is C33H39IN2O3. The third-order valence-electron chi connectivity index (χ3n) is 8.44. The summed E-state index contributed by atoms with van der Waals surface area (Å²) in [6.45, 7) is 12.0. The number of aromatic hydroxyl groups is 1. The zero-order chi connectivity index (χ0) is 26.3. The maximum Gasteiger partial charge on any atom is 0.209 e. The molecular weight excluding hydrogens is 599 g/mol. The van der Waals surface area contributed by atoms with E-state index in [1.54, 1.807) is 6.07 Å². The summed E-state index contributed by atoms with van der Waals surface area (Å²) >= 11 is 0. The molecule has 1 atom stereocenters. The highest BCUT2D eigenvalue weighted by molar-refractivity contribution is 6.03. The van der Waals surface area contributed by atoms with Crippen LogP contribution in [0.15, 0.2) is 65.8 Å². The Morgan fingerprint density at radius 1 is 1.10 bits per heavy atom. The quantitative estimate of drug-likeness (QED) is 0.391. The van der Waals surface area contributed by atoms with Crippen LogP contribution in [-0.2, 0) is 16.7 Å². The third-order valence-corrected chi connectivity index (χ3v) is 8.44. The number of nitrogens with zero attached hydrogens (tertiary/aromatic N) is 2. The Hall–Kier alpha value is -2.42. The first-order valence-electron chi connectivity index (χ1n) is 14.1. The molecule has 1 aliphatic carbocycles. The maximum absolute atomic E-state index is 10.8. The van der Waals surface area contributed by atoms with Gasteiger partial charge in [0.2, 0.25) is 5.69 Å². The van der Waals surface area contributed by atoms with Gasteiger partial charge < -0.3 is 38.6 Å². The average molecular weight is 639 g/mol. The van der Waals surface area contributed by atoms with Gasteiger partial charge in [0.05, 0.1) is 18.6 Å². The van der Waals surface area contributed by atoms with Gasteiger partial charge in [-0.3, -0.25) is 4.90 Å². The standard InChI is InChI=1S/C33H38N2O3.HI/c1-4-13-35-28-8-6-5-7-27(28)33(2,3)32(35)12-10-23-9-11-24-19-25-20-26(22-34-14-16-37-17-15-34)29(36)21-31(25)38-30(24)18-23;/h5-8,10,12,18-21,30H,4,9,11,13-17,22H2,1-3H3;1H. The lowest BCUT2D eigenvalue weighted by atomic mass is 9.81. The van der Waals surface area contributed by atoms with Crippen molar-refractivity contribution in [3.05, 3.63) is 82.5 Å². The van der Waals surface area contributed by atoms with E-state index in [2.05, 4.69) is 84.9 Å². The zero-order valence-corrected chi connectivity index (χ0v) is 25.4. The number of allylic oxidation sites excluding steroid dienone is 3. The molecule has 0 bridgehead atoms. The van der Waals surface area contributed by atoms with Crippen LogP contribution in [0.5, 0.6) is 11.5 Å². The minimum atomic E-state index is -0.0778. The Morgan fingerprint density at radius 2 is 1.90 bits per heavy atom. The van der Waals surface area contributed by atoms with Gasteiger partial charge in [-0.15, -0.1) is 0 Å². The molecule has 206 valence electrons. The number of ether oxygens (including phenoxy) is 2. The van der Waals surface area contributed by atoms with Crippen molar-refractivity contribution in [1.82, 2.24) is 4.90 Å². The van der Waals surface area contributed by atoms with Gasteiger partial charge >= 0.3 is 0 Å². The van der Waals surface area contributed by atoms with Crippen LogP contribution in [0.1, 0.15) is 56.7 Å². The van der Waals surface area contributed by atoms with E-state index in [0.717, 1.165) is 75.5 Å². The molecule has 0 saturated carbocycles. The Morgan fingerprint density at radius 3 is 2.69 bits per heavy atom. The van der Waals surface area contributed by atoms with Crippen molar-refractivity contribution in [1.29, 1.82) is 0 Å². The van der Waals surface area contributed by atoms with Gasteiger partial charge in [0.15, 0.2) is 5.71 Å². The minimum absolute atomic E-state index is 0. The lowest BCUT2D eigenvalue weighted by Crippen LogP contribution is -3.00. The fourth-order valence-corrected chi connectivity index (χ4v) is 6.32. The van der Waals surface area contributed by atoms with Crippen molar-refractivity contribution in [2.24, 2.45) is 0 Å². The first-order chi connectivity index (χ1) is 18.4. The molecule has 0 aromatic heterocycles. The summed E-state index contributed by atoms with van der Waals surface area (Å²) in [4.78, 5) is 2.33. The van der Waals surface area contributed by atoms with E-state index in [4.69, 9.17) is 9.47 Å². The van der Waals surface area contributed by atoms with Crippen molar-refractivity contribution in [3.8, 4) is 11.5 Å². The molecule has 1 N–H and O–H groups in total.